The van der Waals surface area contributed by atoms with Gasteiger partial charge in [0.1, 0.15) is 17.6 Å². The van der Waals surface area contributed by atoms with Gasteiger partial charge in [0.05, 0.1) is 19.8 Å². The minimum atomic E-state index is -0.848. The number of methoxy groups -OCH3 is 1. The molecule has 2 atom stereocenters. The number of fused-ring (bicyclic) bond motifs is 1. The van der Waals surface area contributed by atoms with Crippen LogP contribution in [0.4, 0.5) is 0 Å². The second-order valence-corrected chi connectivity index (χ2v) is 8.37. The number of rotatable bonds is 11. The molecule has 178 valence electrons. The van der Waals surface area contributed by atoms with Crippen molar-refractivity contribution in [3.05, 3.63) is 48.0 Å². The summed E-state index contributed by atoms with van der Waals surface area (Å²) in [7, 11) is 1.62. The van der Waals surface area contributed by atoms with Gasteiger partial charge in [0.25, 0.3) is 0 Å². The summed E-state index contributed by atoms with van der Waals surface area (Å²) in [5.74, 6) is 2.70. The lowest BCUT2D eigenvalue weighted by atomic mass is 10.0. The van der Waals surface area contributed by atoms with Crippen LogP contribution in [0.25, 0.3) is 0 Å². The number of amides is 1. The number of carbonyl (C=O) groups excluding carboxylic acids is 1. The maximum absolute atomic E-state index is 12.7. The number of likely N-dealkylation sites (tertiary alicyclic amines) is 1. The standard InChI is InChI=1S/C25H32N2O6/c1-30-19-7-9-20(10-8-19)31-14-4-5-24(28)26-21(16-27-12-2-3-13-27)25(29)18-6-11-22-23(15-18)33-17-32-22/h6-11,15,21,25,29H,2-5,12-14,16-17H2,1H3,(H,26,28)/t21-,25-/m1/s1. The predicted molar refractivity (Wildman–Crippen MR) is 123 cm³/mol. The first-order chi connectivity index (χ1) is 16.1. The number of nitrogens with one attached hydrogen (secondary N) is 1. The molecule has 0 bridgehead atoms. The van der Waals surface area contributed by atoms with E-state index in [4.69, 9.17) is 18.9 Å². The third-order valence-corrected chi connectivity index (χ3v) is 6.00. The average Bonchev–Trinajstić information content (AvgIpc) is 3.53. The number of benzene rings is 2. The van der Waals surface area contributed by atoms with Crippen molar-refractivity contribution in [3.8, 4) is 23.0 Å². The van der Waals surface area contributed by atoms with Crippen molar-refractivity contribution < 1.29 is 28.8 Å². The van der Waals surface area contributed by atoms with Crippen LogP contribution in [0.5, 0.6) is 23.0 Å². The maximum atomic E-state index is 12.7. The number of carbonyl (C=O) groups is 1. The zero-order valence-corrected chi connectivity index (χ0v) is 19.0. The molecule has 1 fully saturated rings. The van der Waals surface area contributed by atoms with Crippen LogP contribution >= 0.6 is 0 Å². The summed E-state index contributed by atoms with van der Waals surface area (Å²) in [5, 5.41) is 14.2. The number of aliphatic hydroxyl groups excluding tert-OH is 1. The van der Waals surface area contributed by atoms with Gasteiger partial charge in [-0.3, -0.25) is 4.79 Å². The van der Waals surface area contributed by atoms with Gasteiger partial charge in [-0.15, -0.1) is 0 Å². The Morgan fingerprint density at radius 3 is 2.58 bits per heavy atom. The fourth-order valence-corrected chi connectivity index (χ4v) is 4.17. The normalized spacial score (nSPS) is 16.9. The van der Waals surface area contributed by atoms with Crippen LogP contribution in [0.15, 0.2) is 42.5 Å². The van der Waals surface area contributed by atoms with Gasteiger partial charge in [-0.1, -0.05) is 6.07 Å². The summed E-state index contributed by atoms with van der Waals surface area (Å²) in [6.45, 7) is 3.18. The van der Waals surface area contributed by atoms with E-state index in [1.165, 1.54) is 0 Å². The molecule has 2 aromatic carbocycles. The highest BCUT2D eigenvalue weighted by Gasteiger charge is 2.28. The van der Waals surface area contributed by atoms with Crippen LogP contribution in [0.1, 0.15) is 37.4 Å². The maximum Gasteiger partial charge on any atom is 0.231 e. The molecule has 1 saturated heterocycles. The SMILES string of the molecule is COc1ccc(OCCCC(=O)N[C@H](CN2CCCC2)[C@H](O)c2ccc3c(c2)OCO3)cc1. The molecular weight excluding hydrogens is 424 g/mol. The molecule has 2 N–H and O–H groups in total. The second kappa shape index (κ2) is 11.2. The molecule has 0 aliphatic carbocycles. The molecule has 8 nitrogen and oxygen atoms in total. The molecule has 0 radical (unpaired) electrons. The summed E-state index contributed by atoms with van der Waals surface area (Å²) in [6, 6.07) is 12.3. The number of hydrogen-bond acceptors (Lipinski definition) is 7. The Balaban J connectivity index is 1.30. The first-order valence-corrected chi connectivity index (χ1v) is 11.5. The van der Waals surface area contributed by atoms with Crippen molar-refractivity contribution in [2.24, 2.45) is 0 Å². The molecule has 2 aromatic rings. The van der Waals surface area contributed by atoms with Gasteiger partial charge in [-0.05, 0) is 74.3 Å². The Hall–Kier alpha value is -2.97. The van der Waals surface area contributed by atoms with Gasteiger partial charge in [0.15, 0.2) is 11.5 Å². The predicted octanol–water partition coefficient (Wildman–Crippen LogP) is 2.90. The Kier molecular flexibility index (Phi) is 7.91. The van der Waals surface area contributed by atoms with Crippen molar-refractivity contribution in [1.29, 1.82) is 0 Å². The Morgan fingerprint density at radius 1 is 1.09 bits per heavy atom. The average molecular weight is 457 g/mol. The monoisotopic (exact) mass is 456 g/mol. The van der Waals surface area contributed by atoms with Crippen molar-refractivity contribution in [2.45, 2.75) is 37.8 Å². The van der Waals surface area contributed by atoms with Crippen molar-refractivity contribution in [3.63, 3.8) is 0 Å². The Morgan fingerprint density at radius 2 is 1.82 bits per heavy atom. The third-order valence-electron chi connectivity index (χ3n) is 6.00. The van der Waals surface area contributed by atoms with Gasteiger partial charge in [-0.25, -0.2) is 0 Å². The van der Waals surface area contributed by atoms with Gasteiger partial charge in [-0.2, -0.15) is 0 Å². The lowest BCUT2D eigenvalue weighted by Crippen LogP contribution is -2.46. The van der Waals surface area contributed by atoms with E-state index in [1.807, 2.05) is 30.3 Å². The van der Waals surface area contributed by atoms with Crippen molar-refractivity contribution in [2.75, 3.05) is 40.1 Å². The van der Waals surface area contributed by atoms with E-state index >= 15 is 0 Å². The first kappa shape index (κ1) is 23.2. The smallest absolute Gasteiger partial charge is 0.231 e. The topological polar surface area (TPSA) is 89.5 Å². The Bertz CT molecular complexity index is 914. The van der Waals surface area contributed by atoms with E-state index < -0.39 is 12.1 Å². The van der Waals surface area contributed by atoms with Crippen molar-refractivity contribution >= 4 is 5.91 Å². The van der Waals surface area contributed by atoms with E-state index in [2.05, 4.69) is 10.2 Å². The van der Waals surface area contributed by atoms with E-state index in [0.717, 1.165) is 37.4 Å². The molecule has 0 saturated carbocycles. The highest BCUT2D eigenvalue weighted by atomic mass is 16.7. The molecule has 2 heterocycles. The fraction of sp³-hybridized carbons (Fsp3) is 0.480. The molecule has 0 spiro atoms. The summed E-state index contributed by atoms with van der Waals surface area (Å²) in [5.41, 5.74) is 0.701. The minimum absolute atomic E-state index is 0.0997. The molecule has 4 rings (SSSR count). The quantitative estimate of drug-likeness (QED) is 0.503. The van der Waals surface area contributed by atoms with Crippen LogP contribution < -0.4 is 24.3 Å². The molecule has 2 aliphatic rings. The zero-order valence-electron chi connectivity index (χ0n) is 19.0. The largest absolute Gasteiger partial charge is 0.497 e. The van der Waals surface area contributed by atoms with Crippen LogP contribution in [-0.2, 0) is 4.79 Å². The number of hydrogen-bond donors (Lipinski definition) is 2. The first-order valence-electron chi connectivity index (χ1n) is 11.5. The van der Waals surface area contributed by atoms with E-state index in [1.54, 1.807) is 19.2 Å². The van der Waals surface area contributed by atoms with E-state index in [-0.39, 0.29) is 12.7 Å². The van der Waals surface area contributed by atoms with Crippen LogP contribution in [0, 0.1) is 0 Å². The lowest BCUT2D eigenvalue weighted by Gasteiger charge is -2.29. The lowest BCUT2D eigenvalue weighted by molar-refractivity contribution is -0.123. The zero-order chi connectivity index (χ0) is 23.0. The van der Waals surface area contributed by atoms with Gasteiger partial charge in [0, 0.05) is 13.0 Å². The molecule has 33 heavy (non-hydrogen) atoms. The van der Waals surface area contributed by atoms with E-state index in [9.17, 15) is 9.90 Å². The molecule has 0 aromatic heterocycles. The van der Waals surface area contributed by atoms with Crippen LogP contribution in [0.3, 0.4) is 0 Å². The summed E-state index contributed by atoms with van der Waals surface area (Å²) < 4.78 is 21.7. The van der Waals surface area contributed by atoms with Gasteiger partial charge < -0.3 is 34.3 Å². The van der Waals surface area contributed by atoms with Crippen LogP contribution in [-0.4, -0.2) is 62.1 Å². The van der Waals surface area contributed by atoms with E-state index in [0.29, 0.717) is 43.1 Å². The highest BCUT2D eigenvalue weighted by molar-refractivity contribution is 5.76. The molecular formula is C25H32N2O6. The number of ether oxygens (including phenoxy) is 4. The number of aliphatic hydroxyl groups is 1. The third kappa shape index (κ3) is 6.30. The van der Waals surface area contributed by atoms with Gasteiger partial charge in [0.2, 0.25) is 12.7 Å². The van der Waals surface area contributed by atoms with Crippen molar-refractivity contribution in [1.82, 2.24) is 10.2 Å². The highest BCUT2D eigenvalue weighted by Crippen LogP contribution is 2.35. The molecule has 0 unspecified atom stereocenters. The Labute approximate surface area is 194 Å². The summed E-state index contributed by atoms with van der Waals surface area (Å²) >= 11 is 0. The number of nitrogens with zero attached hydrogens (tertiary/aromatic N) is 1. The summed E-state index contributed by atoms with van der Waals surface area (Å²) in [6.07, 6.45) is 2.33. The minimum Gasteiger partial charge on any atom is -0.497 e. The molecule has 1 amide bonds. The molecule has 2 aliphatic heterocycles. The fourth-order valence-electron chi connectivity index (χ4n) is 4.17. The van der Waals surface area contributed by atoms with Gasteiger partial charge >= 0.3 is 0 Å². The summed E-state index contributed by atoms with van der Waals surface area (Å²) in [4.78, 5) is 15.0. The second-order valence-electron chi connectivity index (χ2n) is 8.37. The van der Waals surface area contributed by atoms with Crippen LogP contribution in [0.2, 0.25) is 0 Å². The molecule has 8 heteroatoms.